The van der Waals surface area contributed by atoms with Crippen LogP contribution in [-0.4, -0.2) is 32.4 Å². The zero-order chi connectivity index (χ0) is 16.1. The molecule has 0 spiro atoms. The SMILES string of the molecule is Cc1ncc(CO)c(C=NNC(=O)c2ccccc2O)c1O. The van der Waals surface area contributed by atoms with Gasteiger partial charge in [0.15, 0.2) is 0 Å². The Hall–Kier alpha value is -2.93. The van der Waals surface area contributed by atoms with E-state index in [0.29, 0.717) is 11.3 Å². The second kappa shape index (κ2) is 6.68. The number of phenols is 1. The first kappa shape index (κ1) is 15.5. The average Bonchev–Trinajstić information content (AvgIpc) is 2.52. The second-order valence-electron chi connectivity index (χ2n) is 4.51. The maximum atomic E-state index is 11.9. The number of aryl methyl sites for hydroxylation is 1. The topological polar surface area (TPSA) is 115 Å². The van der Waals surface area contributed by atoms with E-state index in [1.54, 1.807) is 19.1 Å². The van der Waals surface area contributed by atoms with Gasteiger partial charge < -0.3 is 15.3 Å². The van der Waals surface area contributed by atoms with Crippen LogP contribution in [0.4, 0.5) is 0 Å². The van der Waals surface area contributed by atoms with Crippen molar-refractivity contribution in [1.82, 2.24) is 10.4 Å². The molecule has 7 nitrogen and oxygen atoms in total. The van der Waals surface area contributed by atoms with E-state index in [2.05, 4.69) is 15.5 Å². The summed E-state index contributed by atoms with van der Waals surface area (Å²) in [6, 6.07) is 6.05. The third-order valence-electron chi connectivity index (χ3n) is 3.04. The number of hydrogen-bond donors (Lipinski definition) is 4. The number of hydrogen-bond acceptors (Lipinski definition) is 6. The quantitative estimate of drug-likeness (QED) is 0.498. The van der Waals surface area contributed by atoms with Gasteiger partial charge in [-0.1, -0.05) is 12.1 Å². The molecule has 0 bridgehead atoms. The zero-order valence-electron chi connectivity index (χ0n) is 11.8. The number of para-hydroxylation sites is 1. The van der Waals surface area contributed by atoms with Crippen LogP contribution in [0, 0.1) is 6.92 Å². The minimum Gasteiger partial charge on any atom is -0.507 e. The Morgan fingerprint density at radius 3 is 2.77 bits per heavy atom. The number of aliphatic hydroxyl groups is 1. The Morgan fingerprint density at radius 1 is 1.36 bits per heavy atom. The molecule has 0 unspecified atom stereocenters. The number of nitrogens with one attached hydrogen (secondary N) is 1. The predicted octanol–water partition coefficient (Wildman–Crippen LogP) is 1.06. The summed E-state index contributed by atoms with van der Waals surface area (Å²) in [5, 5.41) is 32.4. The van der Waals surface area contributed by atoms with E-state index in [1.807, 2.05) is 0 Å². The number of aliphatic hydroxyl groups excluding tert-OH is 1. The van der Waals surface area contributed by atoms with Crippen molar-refractivity contribution in [2.75, 3.05) is 0 Å². The fraction of sp³-hybridized carbons (Fsp3) is 0.133. The first-order valence-corrected chi connectivity index (χ1v) is 6.44. The van der Waals surface area contributed by atoms with Crippen molar-refractivity contribution < 1.29 is 20.1 Å². The Balaban J connectivity index is 2.19. The molecule has 0 aliphatic rings. The van der Waals surface area contributed by atoms with Crippen LogP contribution in [0.5, 0.6) is 11.5 Å². The molecule has 1 heterocycles. The lowest BCUT2D eigenvalue weighted by Gasteiger charge is -2.07. The lowest BCUT2D eigenvalue weighted by molar-refractivity contribution is 0.0952. The van der Waals surface area contributed by atoms with Gasteiger partial charge in [0.05, 0.1) is 24.1 Å². The zero-order valence-corrected chi connectivity index (χ0v) is 11.8. The van der Waals surface area contributed by atoms with Crippen LogP contribution in [0.15, 0.2) is 35.6 Å². The summed E-state index contributed by atoms with van der Waals surface area (Å²) < 4.78 is 0. The number of carbonyl (C=O) groups excluding carboxylic acids is 1. The average molecular weight is 301 g/mol. The number of phenolic OH excluding ortho intramolecular Hbond substituents is 1. The molecule has 114 valence electrons. The molecule has 2 rings (SSSR count). The van der Waals surface area contributed by atoms with E-state index < -0.39 is 5.91 Å². The monoisotopic (exact) mass is 301 g/mol. The van der Waals surface area contributed by atoms with Crippen molar-refractivity contribution in [1.29, 1.82) is 0 Å². The first-order chi connectivity index (χ1) is 10.5. The molecular weight excluding hydrogens is 286 g/mol. The molecule has 0 saturated carbocycles. The van der Waals surface area contributed by atoms with E-state index in [-0.39, 0.29) is 29.2 Å². The highest BCUT2D eigenvalue weighted by Crippen LogP contribution is 2.21. The number of aromatic hydroxyl groups is 2. The van der Waals surface area contributed by atoms with Gasteiger partial charge in [-0.05, 0) is 19.1 Å². The molecule has 0 aliphatic carbocycles. The molecule has 4 N–H and O–H groups in total. The first-order valence-electron chi connectivity index (χ1n) is 6.44. The number of carbonyl (C=O) groups is 1. The number of nitrogens with zero attached hydrogens (tertiary/aromatic N) is 2. The van der Waals surface area contributed by atoms with Gasteiger partial charge in [0, 0.05) is 17.3 Å². The van der Waals surface area contributed by atoms with Crippen LogP contribution in [0.3, 0.4) is 0 Å². The summed E-state index contributed by atoms with van der Waals surface area (Å²) in [6.45, 7) is 1.28. The molecule has 1 aromatic heterocycles. The van der Waals surface area contributed by atoms with E-state index in [4.69, 9.17) is 0 Å². The van der Waals surface area contributed by atoms with E-state index in [1.165, 1.54) is 24.5 Å². The van der Waals surface area contributed by atoms with E-state index in [0.717, 1.165) is 0 Å². The van der Waals surface area contributed by atoms with Gasteiger partial charge in [-0.25, -0.2) is 5.43 Å². The van der Waals surface area contributed by atoms with Crippen LogP contribution in [0.25, 0.3) is 0 Å². The third kappa shape index (κ3) is 3.21. The Labute approximate surface area is 126 Å². The van der Waals surface area contributed by atoms with Crippen molar-refractivity contribution in [3.8, 4) is 11.5 Å². The molecule has 2 aromatic rings. The van der Waals surface area contributed by atoms with Gasteiger partial charge in [0.1, 0.15) is 11.5 Å². The number of benzene rings is 1. The van der Waals surface area contributed by atoms with Crippen molar-refractivity contribution >= 4 is 12.1 Å². The van der Waals surface area contributed by atoms with Gasteiger partial charge >= 0.3 is 0 Å². The normalized spacial score (nSPS) is 10.8. The van der Waals surface area contributed by atoms with Crippen LogP contribution >= 0.6 is 0 Å². The maximum Gasteiger partial charge on any atom is 0.275 e. The maximum absolute atomic E-state index is 11.9. The summed E-state index contributed by atoms with van der Waals surface area (Å²) in [7, 11) is 0. The van der Waals surface area contributed by atoms with Crippen LogP contribution in [-0.2, 0) is 6.61 Å². The smallest absolute Gasteiger partial charge is 0.275 e. The fourth-order valence-corrected chi connectivity index (χ4v) is 1.80. The highest BCUT2D eigenvalue weighted by Gasteiger charge is 2.11. The molecule has 0 aliphatic heterocycles. The summed E-state index contributed by atoms with van der Waals surface area (Å²) in [5.74, 6) is -0.869. The Kier molecular flexibility index (Phi) is 4.70. The van der Waals surface area contributed by atoms with E-state index in [9.17, 15) is 20.1 Å². The van der Waals surface area contributed by atoms with E-state index >= 15 is 0 Å². The molecule has 1 amide bonds. The molecule has 1 aromatic carbocycles. The summed E-state index contributed by atoms with van der Waals surface area (Å²) >= 11 is 0. The fourth-order valence-electron chi connectivity index (χ4n) is 1.80. The van der Waals surface area contributed by atoms with Gasteiger partial charge in [0.25, 0.3) is 5.91 Å². The predicted molar refractivity (Wildman–Crippen MR) is 79.7 cm³/mol. The summed E-state index contributed by atoms with van der Waals surface area (Å²) in [4.78, 5) is 15.8. The number of aromatic nitrogens is 1. The number of amides is 1. The van der Waals surface area contributed by atoms with Gasteiger partial charge in [-0.3, -0.25) is 9.78 Å². The molecule has 7 heteroatoms. The molecular formula is C15H15N3O4. The summed E-state index contributed by atoms with van der Waals surface area (Å²) in [6.07, 6.45) is 2.63. The van der Waals surface area contributed by atoms with Crippen molar-refractivity contribution in [3.05, 3.63) is 52.8 Å². The largest absolute Gasteiger partial charge is 0.507 e. The second-order valence-corrected chi connectivity index (χ2v) is 4.51. The Morgan fingerprint density at radius 2 is 2.09 bits per heavy atom. The van der Waals surface area contributed by atoms with Crippen molar-refractivity contribution in [2.24, 2.45) is 5.10 Å². The number of hydrazone groups is 1. The molecule has 0 radical (unpaired) electrons. The van der Waals surface area contributed by atoms with Crippen LogP contribution < -0.4 is 5.43 Å². The summed E-state index contributed by atoms with van der Waals surface area (Å²) in [5.41, 5.74) is 3.35. The minimum atomic E-state index is -0.592. The highest BCUT2D eigenvalue weighted by atomic mass is 16.3. The van der Waals surface area contributed by atoms with Crippen LogP contribution in [0.1, 0.15) is 27.2 Å². The van der Waals surface area contributed by atoms with Crippen molar-refractivity contribution in [3.63, 3.8) is 0 Å². The van der Waals surface area contributed by atoms with Crippen molar-refractivity contribution in [2.45, 2.75) is 13.5 Å². The standard InChI is InChI=1S/C15H15N3O4/c1-9-14(21)12(10(8-19)6-16-9)7-17-18-15(22)11-4-2-3-5-13(11)20/h2-7,19-21H,8H2,1H3,(H,18,22). The molecule has 22 heavy (non-hydrogen) atoms. The van der Waals surface area contributed by atoms with Gasteiger partial charge in [0.2, 0.25) is 0 Å². The molecule has 0 atom stereocenters. The van der Waals surface area contributed by atoms with Crippen LogP contribution in [0.2, 0.25) is 0 Å². The third-order valence-corrected chi connectivity index (χ3v) is 3.04. The molecule has 0 saturated heterocycles. The number of pyridine rings is 1. The van der Waals surface area contributed by atoms with Gasteiger partial charge in [-0.15, -0.1) is 0 Å². The minimum absolute atomic E-state index is 0.0807. The lowest BCUT2D eigenvalue weighted by Crippen LogP contribution is -2.17. The lowest BCUT2D eigenvalue weighted by atomic mass is 10.1. The highest BCUT2D eigenvalue weighted by molar-refractivity contribution is 5.97. The molecule has 0 fully saturated rings. The van der Waals surface area contributed by atoms with Gasteiger partial charge in [-0.2, -0.15) is 5.10 Å². The Bertz CT molecular complexity index is 729. The number of rotatable bonds is 4.